The van der Waals surface area contributed by atoms with Crippen molar-refractivity contribution in [3.8, 4) is 0 Å². The molecule has 1 unspecified atom stereocenters. The van der Waals surface area contributed by atoms with Gasteiger partial charge in [-0.1, -0.05) is 0 Å². The minimum atomic E-state index is -1.33. The first-order chi connectivity index (χ1) is 7.50. The van der Waals surface area contributed by atoms with Gasteiger partial charge in [-0.2, -0.15) is 0 Å². The summed E-state index contributed by atoms with van der Waals surface area (Å²) in [4.78, 5) is 28.2. The van der Waals surface area contributed by atoms with Crippen LogP contribution in [0.5, 0.6) is 0 Å². The minimum Gasteiger partial charge on any atom is -0.476 e. The summed E-state index contributed by atoms with van der Waals surface area (Å²) in [7, 11) is 0. The number of anilines is 1. The van der Waals surface area contributed by atoms with Crippen molar-refractivity contribution in [3.63, 3.8) is 0 Å². The monoisotopic (exact) mass is 226 g/mol. The van der Waals surface area contributed by atoms with Gasteiger partial charge in [0.1, 0.15) is 11.9 Å². The second-order valence-electron chi connectivity index (χ2n) is 2.89. The highest BCUT2D eigenvalue weighted by Crippen LogP contribution is 2.01. The number of amides is 1. The van der Waals surface area contributed by atoms with Gasteiger partial charge in [0.2, 0.25) is 5.91 Å². The van der Waals surface area contributed by atoms with Crippen molar-refractivity contribution in [2.24, 2.45) is 5.73 Å². The van der Waals surface area contributed by atoms with E-state index in [0.29, 0.717) is 0 Å². The van der Waals surface area contributed by atoms with Gasteiger partial charge in [0.15, 0.2) is 5.69 Å². The molecule has 0 aliphatic heterocycles. The fraction of sp³-hybridized carbons (Fsp3) is 0.250. The first-order valence-electron chi connectivity index (χ1n) is 4.27. The van der Waals surface area contributed by atoms with E-state index in [1.54, 1.807) is 0 Å². The molecule has 1 aromatic rings. The zero-order valence-corrected chi connectivity index (χ0v) is 8.12. The van der Waals surface area contributed by atoms with Crippen molar-refractivity contribution in [2.75, 3.05) is 11.9 Å². The Morgan fingerprint density at radius 3 is 2.56 bits per heavy atom. The molecule has 0 saturated carbocycles. The van der Waals surface area contributed by atoms with Gasteiger partial charge in [-0.25, -0.2) is 14.8 Å². The quantitative estimate of drug-likeness (QED) is 0.475. The van der Waals surface area contributed by atoms with E-state index in [4.69, 9.17) is 15.9 Å². The molecule has 8 heteroatoms. The molecule has 1 aromatic heterocycles. The number of carbonyl (C=O) groups is 2. The lowest BCUT2D eigenvalue weighted by atomic mass is 10.3. The molecular formula is C8H10N4O4. The number of aliphatic hydroxyl groups is 1. The summed E-state index contributed by atoms with van der Waals surface area (Å²) < 4.78 is 0. The van der Waals surface area contributed by atoms with E-state index >= 15 is 0 Å². The van der Waals surface area contributed by atoms with Gasteiger partial charge in [0.25, 0.3) is 0 Å². The Hall–Kier alpha value is -2.22. The van der Waals surface area contributed by atoms with Gasteiger partial charge >= 0.3 is 5.97 Å². The molecule has 1 amide bonds. The van der Waals surface area contributed by atoms with Crippen molar-refractivity contribution in [2.45, 2.75) is 6.10 Å². The summed E-state index contributed by atoms with van der Waals surface area (Å²) in [5.41, 5.74) is 4.63. The van der Waals surface area contributed by atoms with Crippen LogP contribution in [-0.4, -0.2) is 44.7 Å². The maximum Gasteiger partial charge on any atom is 0.356 e. The number of nitrogens with zero attached hydrogens (tertiary/aromatic N) is 2. The number of carboxylic acid groups (broad SMARTS) is 1. The molecule has 1 heterocycles. The highest BCUT2D eigenvalue weighted by Gasteiger charge is 2.10. The number of carbonyl (C=O) groups excluding carboxylic acids is 1. The van der Waals surface area contributed by atoms with Crippen LogP contribution < -0.4 is 11.1 Å². The molecule has 0 saturated heterocycles. The topological polar surface area (TPSA) is 138 Å². The molecule has 0 aliphatic carbocycles. The number of primary amides is 1. The number of aromatic carboxylic acids is 1. The first-order valence-corrected chi connectivity index (χ1v) is 4.27. The van der Waals surface area contributed by atoms with Gasteiger partial charge in [0.05, 0.1) is 18.9 Å². The third-order valence-electron chi connectivity index (χ3n) is 1.68. The number of rotatable bonds is 5. The van der Waals surface area contributed by atoms with Gasteiger partial charge in [-0.3, -0.25) is 4.79 Å². The van der Waals surface area contributed by atoms with Crippen molar-refractivity contribution in [1.29, 1.82) is 0 Å². The number of nitrogens with two attached hydrogens (primary N) is 1. The number of hydrogen-bond acceptors (Lipinski definition) is 6. The zero-order valence-electron chi connectivity index (χ0n) is 8.12. The lowest BCUT2D eigenvalue weighted by molar-refractivity contribution is -0.125. The number of nitrogens with one attached hydrogen (secondary N) is 1. The average Bonchev–Trinajstić information content (AvgIpc) is 2.26. The van der Waals surface area contributed by atoms with E-state index in [-0.39, 0.29) is 18.1 Å². The molecule has 1 rings (SSSR count). The molecule has 8 nitrogen and oxygen atoms in total. The third-order valence-corrected chi connectivity index (χ3v) is 1.68. The summed E-state index contributed by atoms with van der Waals surface area (Å²) >= 11 is 0. The number of aliphatic hydroxyl groups excluding tert-OH is 1. The molecule has 0 fully saturated rings. The summed E-state index contributed by atoms with van der Waals surface area (Å²) in [6.07, 6.45) is 0.902. The smallest absolute Gasteiger partial charge is 0.356 e. The van der Waals surface area contributed by atoms with Crippen molar-refractivity contribution in [1.82, 2.24) is 9.97 Å². The Balaban J connectivity index is 2.56. The fourth-order valence-corrected chi connectivity index (χ4v) is 0.832. The molecular weight excluding hydrogens is 216 g/mol. The predicted octanol–water partition coefficient (Wildman–Crippen LogP) is -1.57. The highest BCUT2D eigenvalue weighted by atomic mass is 16.4. The van der Waals surface area contributed by atoms with E-state index in [9.17, 15) is 9.59 Å². The van der Waals surface area contributed by atoms with Crippen LogP contribution in [-0.2, 0) is 4.79 Å². The van der Waals surface area contributed by atoms with E-state index in [0.717, 1.165) is 6.20 Å². The summed E-state index contributed by atoms with van der Waals surface area (Å²) in [6, 6.07) is 0. The van der Waals surface area contributed by atoms with E-state index in [2.05, 4.69) is 15.3 Å². The third kappa shape index (κ3) is 3.17. The van der Waals surface area contributed by atoms with E-state index < -0.39 is 18.0 Å². The SMILES string of the molecule is NC(=O)C(O)CNc1cnc(C(=O)O)cn1. The first kappa shape index (κ1) is 11.9. The summed E-state index contributed by atoms with van der Waals surface area (Å²) in [5.74, 6) is -1.80. The Morgan fingerprint density at radius 2 is 2.12 bits per heavy atom. The van der Waals surface area contributed by atoms with Gasteiger partial charge in [0, 0.05) is 0 Å². The van der Waals surface area contributed by atoms with Crippen LogP contribution in [0.2, 0.25) is 0 Å². The molecule has 0 aliphatic rings. The molecule has 0 spiro atoms. The maximum atomic E-state index is 10.5. The normalized spacial score (nSPS) is 11.8. The Morgan fingerprint density at radius 1 is 1.44 bits per heavy atom. The molecule has 86 valence electrons. The average molecular weight is 226 g/mol. The Bertz CT molecular complexity index is 392. The number of carboxylic acids is 1. The number of hydrogen-bond donors (Lipinski definition) is 4. The van der Waals surface area contributed by atoms with Crippen LogP contribution in [0.25, 0.3) is 0 Å². The van der Waals surface area contributed by atoms with E-state index in [1.807, 2.05) is 0 Å². The van der Waals surface area contributed by atoms with Crippen molar-refractivity contribution in [3.05, 3.63) is 18.1 Å². The van der Waals surface area contributed by atoms with Crippen LogP contribution in [0.3, 0.4) is 0 Å². The minimum absolute atomic E-state index is 0.115. The summed E-state index contributed by atoms with van der Waals surface area (Å²) in [5, 5.41) is 20.2. The van der Waals surface area contributed by atoms with E-state index in [1.165, 1.54) is 6.20 Å². The summed E-state index contributed by atoms with van der Waals surface area (Å²) in [6.45, 7) is -0.115. The fourth-order valence-electron chi connectivity index (χ4n) is 0.832. The highest BCUT2D eigenvalue weighted by molar-refractivity contribution is 5.84. The lowest BCUT2D eigenvalue weighted by Crippen LogP contribution is -2.34. The van der Waals surface area contributed by atoms with Crippen LogP contribution in [0.15, 0.2) is 12.4 Å². The van der Waals surface area contributed by atoms with Gasteiger partial charge in [-0.05, 0) is 0 Å². The van der Waals surface area contributed by atoms with Crippen molar-refractivity contribution >= 4 is 17.7 Å². The van der Waals surface area contributed by atoms with Crippen LogP contribution in [0, 0.1) is 0 Å². The number of aromatic nitrogens is 2. The van der Waals surface area contributed by atoms with Crippen LogP contribution >= 0.6 is 0 Å². The Kier molecular flexibility index (Phi) is 3.72. The zero-order chi connectivity index (χ0) is 12.1. The molecule has 0 aromatic carbocycles. The maximum absolute atomic E-state index is 10.5. The molecule has 16 heavy (non-hydrogen) atoms. The lowest BCUT2D eigenvalue weighted by Gasteiger charge is -2.08. The Labute approximate surface area is 90.1 Å². The second kappa shape index (κ2) is 5.03. The molecule has 0 bridgehead atoms. The molecule has 5 N–H and O–H groups in total. The largest absolute Gasteiger partial charge is 0.476 e. The predicted molar refractivity (Wildman–Crippen MR) is 52.7 cm³/mol. The van der Waals surface area contributed by atoms with Crippen molar-refractivity contribution < 1.29 is 19.8 Å². The second-order valence-corrected chi connectivity index (χ2v) is 2.89. The van der Waals surface area contributed by atoms with Crippen LogP contribution in [0.4, 0.5) is 5.82 Å². The molecule has 1 atom stereocenters. The van der Waals surface area contributed by atoms with Crippen LogP contribution in [0.1, 0.15) is 10.5 Å². The standard InChI is InChI=1S/C8H10N4O4/c9-7(14)5(13)2-12-6-3-10-4(1-11-6)8(15)16/h1,3,5,13H,2H2,(H2,9,14)(H,11,12)(H,15,16). The van der Waals surface area contributed by atoms with Gasteiger partial charge in [-0.15, -0.1) is 0 Å². The van der Waals surface area contributed by atoms with Gasteiger partial charge < -0.3 is 21.3 Å². The molecule has 0 radical (unpaired) electrons.